The number of piperidine rings is 2. The van der Waals surface area contributed by atoms with Crippen molar-refractivity contribution >= 4 is 55.3 Å². The van der Waals surface area contributed by atoms with Crippen LogP contribution in [0.1, 0.15) is 99.6 Å². The second-order valence-electron chi connectivity index (χ2n) is 22.2. The molecule has 0 spiro atoms. The Labute approximate surface area is 490 Å². The molecule has 0 unspecified atom stereocenters. The van der Waals surface area contributed by atoms with Crippen LogP contribution in [-0.2, 0) is 9.59 Å². The Hall–Kier alpha value is -7.26. The van der Waals surface area contributed by atoms with E-state index < -0.39 is 36.7 Å². The molecule has 18 heteroatoms. The van der Waals surface area contributed by atoms with Crippen LogP contribution in [0.3, 0.4) is 0 Å². The molecule has 452 valence electrons. The van der Waals surface area contributed by atoms with E-state index >= 15 is 0 Å². The van der Waals surface area contributed by atoms with Gasteiger partial charge in [-0.3, -0.25) is 19.4 Å². The molecule has 2 fully saturated rings. The lowest BCUT2D eigenvalue weighted by Crippen LogP contribution is -2.45. The van der Waals surface area contributed by atoms with E-state index in [0.29, 0.717) is 50.2 Å². The van der Waals surface area contributed by atoms with Gasteiger partial charge in [-0.25, -0.2) is 0 Å². The zero-order valence-electron chi connectivity index (χ0n) is 49.0. The first-order chi connectivity index (χ1) is 40.2. The molecule has 18 nitrogen and oxygen atoms in total. The fourth-order valence-corrected chi connectivity index (χ4v) is 11.1. The summed E-state index contributed by atoms with van der Waals surface area (Å²) in [7, 11) is 3.41. The Morgan fingerprint density at radius 3 is 1.26 bits per heavy atom. The molecule has 4 heterocycles. The van der Waals surface area contributed by atoms with Crippen LogP contribution in [0, 0.1) is 13.8 Å². The quantitative estimate of drug-likeness (QED) is 0.0318. The van der Waals surface area contributed by atoms with Crippen LogP contribution in [-0.4, -0.2) is 163 Å². The number of aryl methyl sites for hydroxylation is 2. The summed E-state index contributed by atoms with van der Waals surface area (Å²) in [6.45, 7) is 12.4. The molecule has 2 saturated heterocycles. The van der Waals surface area contributed by atoms with Crippen LogP contribution in [0.25, 0.3) is 43.4 Å². The number of aliphatic hydroxyl groups is 6. The van der Waals surface area contributed by atoms with E-state index in [1.54, 1.807) is 14.2 Å². The van der Waals surface area contributed by atoms with Gasteiger partial charge < -0.3 is 69.8 Å². The van der Waals surface area contributed by atoms with E-state index in [2.05, 4.69) is 106 Å². The van der Waals surface area contributed by atoms with Crippen molar-refractivity contribution in [3.05, 3.63) is 144 Å². The maximum atomic E-state index is 10.7. The Balaban J connectivity index is 0.000000192. The molecule has 2 aliphatic rings. The topological polar surface area (TPSA) is 271 Å². The van der Waals surface area contributed by atoms with Crippen molar-refractivity contribution in [1.82, 2.24) is 19.8 Å². The lowest BCUT2D eigenvalue weighted by Gasteiger charge is -2.39. The van der Waals surface area contributed by atoms with Crippen LogP contribution >= 0.6 is 0 Å². The van der Waals surface area contributed by atoms with Crippen LogP contribution in [0.2, 0.25) is 0 Å². The number of carboxylic acids is 2. The molecule has 0 aliphatic carbocycles. The minimum atomic E-state index is -1.49. The highest BCUT2D eigenvalue weighted by molar-refractivity contribution is 5.88. The zero-order chi connectivity index (χ0) is 60.5. The third-order valence-corrected chi connectivity index (χ3v) is 15.6. The fourth-order valence-electron chi connectivity index (χ4n) is 11.1. The number of ether oxygens (including phenoxy) is 4. The number of aromatic nitrogens is 2. The summed E-state index contributed by atoms with van der Waals surface area (Å²) in [5, 5.41) is 76.8. The van der Waals surface area contributed by atoms with E-state index in [1.807, 2.05) is 62.4 Å². The van der Waals surface area contributed by atoms with Gasteiger partial charge in [0.2, 0.25) is 0 Å². The molecule has 6 aromatic carbocycles. The van der Waals surface area contributed by atoms with Gasteiger partial charge in [0.1, 0.15) is 48.4 Å². The molecule has 2 aromatic heterocycles. The lowest BCUT2D eigenvalue weighted by atomic mass is 9.85. The summed E-state index contributed by atoms with van der Waals surface area (Å²) in [4.78, 5) is 30.8. The average Bonchev–Trinajstić information content (AvgIpc) is 4.03. The second kappa shape index (κ2) is 31.0. The van der Waals surface area contributed by atoms with E-state index in [9.17, 15) is 19.8 Å². The number of benzene rings is 6. The zero-order valence-corrected chi connectivity index (χ0v) is 49.0. The third kappa shape index (κ3) is 18.9. The number of H-pyrrole nitrogens is 2. The number of rotatable bonds is 20. The molecule has 6 atom stereocenters. The first-order valence-electron chi connectivity index (χ1n) is 28.8. The first kappa shape index (κ1) is 64.3. The summed E-state index contributed by atoms with van der Waals surface area (Å²) in [5.41, 5.74) is 7.15. The van der Waals surface area contributed by atoms with Gasteiger partial charge in [0, 0.05) is 71.2 Å². The minimum Gasteiger partial charge on any atom is -0.497 e. The molecule has 0 radical (unpaired) electrons. The molecular weight excluding hydrogens is 1070 g/mol. The largest absolute Gasteiger partial charge is 0.497 e. The highest BCUT2D eigenvalue weighted by atomic mass is 16.5. The second-order valence-corrected chi connectivity index (χ2v) is 22.2. The standard InChI is InChI=1S/2C29H34N2O3.2C4H8O4/c2*1-19-13-27-28(30-19)5-4-6-29(27)34-18-25(32)17-31-12-11-24(14-20(31)2)21-7-8-23-16-26(33-3)10-9-22(23)15-21;2*5-3(6)1-2-4(7)8/h2*4-10,13,15-16,20,24-25,30,32H,11-12,14,17-18H2,1-3H3;2*3,5-6H,1-2H2,(H,7,8)/t20-,24-,25+;20-,24-,25-;;/m10../s1. The summed E-state index contributed by atoms with van der Waals surface area (Å²) in [5.74, 6) is 2.48. The van der Waals surface area contributed by atoms with Crippen LogP contribution < -0.4 is 18.9 Å². The van der Waals surface area contributed by atoms with Crippen molar-refractivity contribution in [2.45, 2.75) is 128 Å². The number of nitrogens with zero attached hydrogens (tertiary/aromatic N) is 2. The van der Waals surface area contributed by atoms with Crippen molar-refractivity contribution in [2.75, 3.05) is 53.6 Å². The minimum absolute atomic E-state index is 0.102. The number of aliphatic hydroxyl groups excluding tert-OH is 4. The van der Waals surface area contributed by atoms with Crippen molar-refractivity contribution < 1.29 is 69.4 Å². The first-order valence-corrected chi connectivity index (χ1v) is 28.8. The van der Waals surface area contributed by atoms with E-state index in [4.69, 9.17) is 49.6 Å². The highest BCUT2D eigenvalue weighted by Gasteiger charge is 2.30. The smallest absolute Gasteiger partial charge is 0.303 e. The average molecular weight is 1160 g/mol. The highest BCUT2D eigenvalue weighted by Crippen LogP contribution is 2.36. The number of nitrogens with one attached hydrogen (secondary N) is 2. The van der Waals surface area contributed by atoms with Gasteiger partial charge in [0.25, 0.3) is 0 Å². The van der Waals surface area contributed by atoms with E-state index in [-0.39, 0.29) is 25.7 Å². The number of hydrogen-bond acceptors (Lipinski definition) is 14. The molecule has 10 rings (SSSR count). The van der Waals surface area contributed by atoms with Crippen LogP contribution in [0.15, 0.2) is 121 Å². The van der Waals surface area contributed by atoms with Gasteiger partial charge >= 0.3 is 11.9 Å². The third-order valence-electron chi connectivity index (χ3n) is 15.6. The summed E-state index contributed by atoms with van der Waals surface area (Å²) in [6.07, 6.45) is -0.246. The van der Waals surface area contributed by atoms with Crippen molar-refractivity contribution in [2.24, 2.45) is 0 Å². The molecule has 0 saturated carbocycles. The van der Waals surface area contributed by atoms with Crippen LogP contribution in [0.5, 0.6) is 23.0 Å². The van der Waals surface area contributed by atoms with Gasteiger partial charge in [-0.15, -0.1) is 0 Å². The lowest BCUT2D eigenvalue weighted by molar-refractivity contribution is -0.140. The monoisotopic (exact) mass is 1160 g/mol. The van der Waals surface area contributed by atoms with E-state index in [1.165, 1.54) is 32.7 Å². The Morgan fingerprint density at radius 2 is 0.917 bits per heavy atom. The number of carbonyl (C=O) groups is 2. The fraction of sp³-hybridized carbons (Fsp3) is 0.424. The molecular formula is C66H84N4O14. The summed E-state index contributed by atoms with van der Waals surface area (Å²) in [6, 6.07) is 43.1. The van der Waals surface area contributed by atoms with Gasteiger partial charge in [-0.1, -0.05) is 60.7 Å². The van der Waals surface area contributed by atoms with Gasteiger partial charge in [-0.05, 0) is 172 Å². The molecule has 84 heavy (non-hydrogen) atoms. The maximum absolute atomic E-state index is 10.7. The number of aromatic amines is 2. The summed E-state index contributed by atoms with van der Waals surface area (Å²) >= 11 is 0. The van der Waals surface area contributed by atoms with Crippen LogP contribution in [0.4, 0.5) is 0 Å². The molecule has 10 N–H and O–H groups in total. The predicted octanol–water partition coefficient (Wildman–Crippen LogP) is 9.62. The number of carboxylic acid groups (broad SMARTS) is 2. The maximum Gasteiger partial charge on any atom is 0.303 e. The van der Waals surface area contributed by atoms with Gasteiger partial charge in [0.05, 0.1) is 27.1 Å². The number of methoxy groups -OCH3 is 2. The Bertz CT molecular complexity index is 3160. The molecule has 8 aromatic rings. The molecule has 2 aliphatic heterocycles. The van der Waals surface area contributed by atoms with Crippen molar-refractivity contribution in [1.29, 1.82) is 0 Å². The van der Waals surface area contributed by atoms with E-state index in [0.717, 1.165) is 95.0 Å². The summed E-state index contributed by atoms with van der Waals surface area (Å²) < 4.78 is 22.7. The van der Waals surface area contributed by atoms with Gasteiger partial charge in [-0.2, -0.15) is 0 Å². The number of aliphatic carboxylic acids is 2. The number of hydrogen-bond donors (Lipinski definition) is 10. The normalized spacial score (nSPS) is 18.1. The van der Waals surface area contributed by atoms with Gasteiger partial charge in [0.15, 0.2) is 12.6 Å². The Morgan fingerprint density at radius 1 is 0.536 bits per heavy atom. The van der Waals surface area contributed by atoms with Crippen molar-refractivity contribution in [3.63, 3.8) is 0 Å². The predicted molar refractivity (Wildman–Crippen MR) is 326 cm³/mol. The number of likely N-dealkylation sites (tertiary alicyclic amines) is 2. The Kier molecular flexibility index (Phi) is 23.8. The molecule has 0 bridgehead atoms. The number of β-amino-alcohol motifs (C(OH)–C–C–N with tert-alkyl or cyclic N) is 2. The van der Waals surface area contributed by atoms with Crippen molar-refractivity contribution in [3.8, 4) is 23.0 Å². The SMILES string of the molecule is COc1ccc2cc([C@@H]3CCN(C[C@H](O)COc4cccc5[nH]c(C)cc45)[C@H](C)C3)ccc2c1.COc1ccc2cc([C@H]3CCN(C[C@H](O)COc4cccc5[nH]c(C)cc45)[C@@H](C)C3)ccc2c1.O=C(O)CCC(O)O.O=C(O)CCC(O)O. The number of fused-ring (bicyclic) bond motifs is 4. The molecule has 0 amide bonds.